The molecule has 0 saturated carbocycles. The van der Waals surface area contributed by atoms with E-state index in [2.05, 4.69) is 71.8 Å². The van der Waals surface area contributed by atoms with Crippen LogP contribution in [0.5, 0.6) is 0 Å². The van der Waals surface area contributed by atoms with Crippen LogP contribution in [0, 0.1) is 20.8 Å². The van der Waals surface area contributed by atoms with Crippen molar-refractivity contribution in [3.63, 3.8) is 0 Å². The molecule has 4 heteroatoms. The Labute approximate surface area is 129 Å². The second kappa shape index (κ2) is 6.55. The number of nitrogens with zero attached hydrogens (tertiary/aromatic N) is 2. The van der Waals surface area contributed by atoms with Gasteiger partial charge < -0.3 is 5.32 Å². The Morgan fingerprint density at radius 3 is 2.65 bits per heavy atom. The lowest BCUT2D eigenvalue weighted by atomic mass is 10.1. The van der Waals surface area contributed by atoms with Crippen molar-refractivity contribution in [2.75, 3.05) is 13.1 Å². The van der Waals surface area contributed by atoms with Crippen LogP contribution in [0.25, 0.3) is 5.69 Å². The first-order chi connectivity index (χ1) is 9.54. The highest BCUT2D eigenvalue weighted by atomic mass is 79.9. The maximum absolute atomic E-state index is 4.72. The molecule has 0 unspecified atom stereocenters. The summed E-state index contributed by atoms with van der Waals surface area (Å²) in [7, 11) is 0. The fourth-order valence-corrected chi connectivity index (χ4v) is 2.99. The summed E-state index contributed by atoms with van der Waals surface area (Å²) in [6, 6.07) is 6.31. The highest BCUT2D eigenvalue weighted by Gasteiger charge is 2.13. The molecule has 0 spiro atoms. The highest BCUT2D eigenvalue weighted by molar-refractivity contribution is 9.10. The summed E-state index contributed by atoms with van der Waals surface area (Å²) >= 11 is 3.51. The molecule has 0 saturated heterocycles. The summed E-state index contributed by atoms with van der Waals surface area (Å²) in [6.45, 7) is 10.5. The van der Waals surface area contributed by atoms with E-state index in [1.165, 1.54) is 16.8 Å². The molecule has 108 valence electrons. The minimum absolute atomic E-state index is 1.00. The van der Waals surface area contributed by atoms with Crippen LogP contribution < -0.4 is 5.32 Å². The van der Waals surface area contributed by atoms with Crippen LogP contribution in [0.2, 0.25) is 0 Å². The molecule has 20 heavy (non-hydrogen) atoms. The fraction of sp³-hybridized carbons (Fsp3) is 0.438. The lowest BCUT2D eigenvalue weighted by Gasteiger charge is -2.09. The SMILES string of the molecule is CCNCCc1c(C)nn(-c2ccc(Br)cc2C)c1C. The van der Waals surface area contributed by atoms with E-state index >= 15 is 0 Å². The first kappa shape index (κ1) is 15.3. The lowest BCUT2D eigenvalue weighted by molar-refractivity contribution is 0.712. The molecule has 0 bridgehead atoms. The number of benzene rings is 1. The maximum Gasteiger partial charge on any atom is 0.0678 e. The molecule has 3 nitrogen and oxygen atoms in total. The monoisotopic (exact) mass is 335 g/mol. The molecule has 0 atom stereocenters. The summed E-state index contributed by atoms with van der Waals surface area (Å²) < 4.78 is 3.17. The van der Waals surface area contributed by atoms with Crippen LogP contribution in [0.4, 0.5) is 0 Å². The molecule has 1 heterocycles. The maximum atomic E-state index is 4.72. The van der Waals surface area contributed by atoms with Crippen molar-refractivity contribution in [2.45, 2.75) is 34.1 Å². The van der Waals surface area contributed by atoms with Crippen LogP contribution >= 0.6 is 15.9 Å². The Kier molecular flexibility index (Phi) is 5.00. The van der Waals surface area contributed by atoms with Crippen molar-refractivity contribution < 1.29 is 0 Å². The minimum Gasteiger partial charge on any atom is -0.317 e. The minimum atomic E-state index is 1.00. The molecule has 2 rings (SSSR count). The van der Waals surface area contributed by atoms with E-state index in [4.69, 9.17) is 5.10 Å². The average Bonchev–Trinajstić information content (AvgIpc) is 2.67. The van der Waals surface area contributed by atoms with Crippen LogP contribution in [0.1, 0.15) is 29.4 Å². The Hall–Kier alpha value is -1.13. The van der Waals surface area contributed by atoms with E-state index in [-0.39, 0.29) is 0 Å². The molecule has 0 radical (unpaired) electrons. The van der Waals surface area contributed by atoms with E-state index in [1.807, 2.05) is 0 Å². The van der Waals surface area contributed by atoms with E-state index in [1.54, 1.807) is 0 Å². The molecule has 0 aliphatic rings. The summed E-state index contributed by atoms with van der Waals surface area (Å²) in [6.07, 6.45) is 1.03. The summed E-state index contributed by atoms with van der Waals surface area (Å²) in [5.41, 5.74) is 6.11. The molecule has 0 fully saturated rings. The van der Waals surface area contributed by atoms with Crippen molar-refractivity contribution in [1.82, 2.24) is 15.1 Å². The summed E-state index contributed by atoms with van der Waals surface area (Å²) in [5, 5.41) is 8.10. The van der Waals surface area contributed by atoms with Gasteiger partial charge in [0.15, 0.2) is 0 Å². The third-order valence-electron chi connectivity index (χ3n) is 3.63. The zero-order chi connectivity index (χ0) is 14.7. The number of aromatic nitrogens is 2. The van der Waals surface area contributed by atoms with Crippen LogP contribution in [0.15, 0.2) is 22.7 Å². The van der Waals surface area contributed by atoms with E-state index in [9.17, 15) is 0 Å². The summed E-state index contributed by atoms with van der Waals surface area (Å²) in [5.74, 6) is 0. The molecule has 0 amide bonds. The zero-order valence-electron chi connectivity index (χ0n) is 12.6. The number of hydrogen-bond donors (Lipinski definition) is 1. The molecular formula is C16H22BrN3. The van der Waals surface area contributed by atoms with Crippen LogP contribution in [-0.2, 0) is 6.42 Å². The molecule has 2 aromatic rings. The number of halogens is 1. The van der Waals surface area contributed by atoms with Gasteiger partial charge in [0.25, 0.3) is 0 Å². The topological polar surface area (TPSA) is 29.9 Å². The number of likely N-dealkylation sites (N-methyl/N-ethyl adjacent to an activating group) is 1. The van der Waals surface area contributed by atoms with Crippen molar-refractivity contribution in [2.24, 2.45) is 0 Å². The Bertz CT molecular complexity index is 602. The van der Waals surface area contributed by atoms with Gasteiger partial charge in [-0.1, -0.05) is 22.9 Å². The lowest BCUT2D eigenvalue weighted by Crippen LogP contribution is -2.16. The predicted molar refractivity (Wildman–Crippen MR) is 87.7 cm³/mol. The molecule has 1 N–H and O–H groups in total. The Balaban J connectivity index is 2.35. The van der Waals surface area contributed by atoms with Gasteiger partial charge in [0, 0.05) is 10.2 Å². The van der Waals surface area contributed by atoms with Gasteiger partial charge >= 0.3 is 0 Å². The molecule has 1 aromatic heterocycles. The number of hydrogen-bond acceptors (Lipinski definition) is 2. The Morgan fingerprint density at radius 1 is 1.25 bits per heavy atom. The van der Waals surface area contributed by atoms with Gasteiger partial charge in [0.05, 0.1) is 11.4 Å². The number of nitrogens with one attached hydrogen (secondary N) is 1. The normalized spacial score (nSPS) is 11.1. The second-order valence-electron chi connectivity index (χ2n) is 5.10. The van der Waals surface area contributed by atoms with Gasteiger partial charge in [-0.05, 0) is 69.6 Å². The van der Waals surface area contributed by atoms with Crippen LogP contribution in [0.3, 0.4) is 0 Å². The molecule has 1 aromatic carbocycles. The third kappa shape index (κ3) is 3.13. The first-order valence-corrected chi connectivity index (χ1v) is 7.86. The zero-order valence-corrected chi connectivity index (χ0v) is 14.2. The van der Waals surface area contributed by atoms with Gasteiger partial charge in [-0.25, -0.2) is 4.68 Å². The smallest absolute Gasteiger partial charge is 0.0678 e. The van der Waals surface area contributed by atoms with Gasteiger partial charge in [0.2, 0.25) is 0 Å². The van der Waals surface area contributed by atoms with E-state index in [0.717, 1.165) is 35.4 Å². The fourth-order valence-electron chi connectivity index (χ4n) is 2.52. The first-order valence-electron chi connectivity index (χ1n) is 7.07. The van der Waals surface area contributed by atoms with E-state index < -0.39 is 0 Å². The molecule has 0 aliphatic heterocycles. The van der Waals surface area contributed by atoms with Crippen molar-refractivity contribution >= 4 is 15.9 Å². The van der Waals surface area contributed by atoms with Crippen LogP contribution in [-0.4, -0.2) is 22.9 Å². The average molecular weight is 336 g/mol. The van der Waals surface area contributed by atoms with Gasteiger partial charge in [-0.2, -0.15) is 5.10 Å². The second-order valence-corrected chi connectivity index (χ2v) is 6.01. The largest absolute Gasteiger partial charge is 0.317 e. The number of rotatable bonds is 5. The van der Waals surface area contributed by atoms with Crippen molar-refractivity contribution in [3.05, 3.63) is 45.2 Å². The van der Waals surface area contributed by atoms with E-state index in [0.29, 0.717) is 0 Å². The van der Waals surface area contributed by atoms with Gasteiger partial charge in [-0.3, -0.25) is 0 Å². The number of aryl methyl sites for hydroxylation is 2. The van der Waals surface area contributed by atoms with Crippen molar-refractivity contribution in [3.8, 4) is 5.69 Å². The molecular weight excluding hydrogens is 314 g/mol. The third-order valence-corrected chi connectivity index (χ3v) is 4.12. The predicted octanol–water partition coefficient (Wildman–Crippen LogP) is 3.71. The van der Waals surface area contributed by atoms with Gasteiger partial charge in [0.1, 0.15) is 0 Å². The van der Waals surface area contributed by atoms with Gasteiger partial charge in [-0.15, -0.1) is 0 Å². The molecule has 0 aliphatic carbocycles. The summed E-state index contributed by atoms with van der Waals surface area (Å²) in [4.78, 5) is 0. The van der Waals surface area contributed by atoms with Crippen molar-refractivity contribution in [1.29, 1.82) is 0 Å². The standard InChI is InChI=1S/C16H22BrN3/c1-5-18-9-8-15-12(3)19-20(13(15)4)16-7-6-14(17)10-11(16)2/h6-7,10,18H,5,8-9H2,1-4H3. The quantitative estimate of drug-likeness (QED) is 0.844. The highest BCUT2D eigenvalue weighted by Crippen LogP contribution is 2.23. The Morgan fingerprint density at radius 2 is 2.00 bits per heavy atom.